The number of likely N-dealkylation sites (N-methyl/N-ethyl adjacent to an activating group) is 1. The lowest BCUT2D eigenvalue weighted by Gasteiger charge is -2.21. The lowest BCUT2D eigenvalue weighted by molar-refractivity contribution is 0.1000. The molecule has 0 aliphatic carbocycles. The highest BCUT2D eigenvalue weighted by Crippen LogP contribution is 2.35. The fourth-order valence-electron chi connectivity index (χ4n) is 3.56. The molecule has 4 rings (SSSR count). The Kier molecular flexibility index (Phi) is 6.92. The molecule has 2 N–H and O–H groups in total. The summed E-state index contributed by atoms with van der Waals surface area (Å²) < 4.78 is 6.15. The fraction of sp³-hybridized carbons (Fsp3) is 0.292. The van der Waals surface area contributed by atoms with Gasteiger partial charge in [-0.1, -0.05) is 42.1 Å². The number of ether oxygens (including phenoxy) is 1. The van der Waals surface area contributed by atoms with Crippen LogP contribution >= 0.6 is 11.8 Å². The average Bonchev–Trinajstić information content (AvgIpc) is 3.30. The summed E-state index contributed by atoms with van der Waals surface area (Å²) in [6.07, 6.45) is 2.90. The van der Waals surface area contributed by atoms with Crippen molar-refractivity contribution < 1.29 is 9.53 Å². The summed E-state index contributed by atoms with van der Waals surface area (Å²) in [6, 6.07) is 17.7. The Balaban J connectivity index is 1.57. The van der Waals surface area contributed by atoms with Crippen molar-refractivity contribution in [3.05, 3.63) is 71.9 Å². The number of rotatable bonds is 8. The second kappa shape index (κ2) is 10.0. The van der Waals surface area contributed by atoms with Gasteiger partial charge in [-0.15, -0.1) is 0 Å². The summed E-state index contributed by atoms with van der Waals surface area (Å²) in [5.41, 5.74) is 6.90. The van der Waals surface area contributed by atoms with Gasteiger partial charge in [-0.3, -0.25) is 4.79 Å². The van der Waals surface area contributed by atoms with Gasteiger partial charge in [0.15, 0.2) is 0 Å². The van der Waals surface area contributed by atoms with Crippen molar-refractivity contribution in [1.82, 2.24) is 14.9 Å². The Hall–Kier alpha value is -3.10. The van der Waals surface area contributed by atoms with E-state index in [1.54, 1.807) is 12.1 Å². The van der Waals surface area contributed by atoms with Gasteiger partial charge in [-0.25, -0.2) is 4.98 Å². The molecular formula is C24H27N5O2S. The largest absolute Gasteiger partial charge is 0.472 e. The number of nitrogens with two attached hydrogens (primary N) is 1. The molecule has 1 fully saturated rings. The lowest BCUT2D eigenvalue weighted by atomic mass is 10.2. The minimum atomic E-state index is -0.442. The Labute approximate surface area is 192 Å². The first-order valence-corrected chi connectivity index (χ1v) is 11.3. The van der Waals surface area contributed by atoms with E-state index in [1.165, 1.54) is 11.8 Å². The number of nitrogens with zero attached hydrogens (tertiary/aromatic N) is 4. The number of anilines is 1. The molecule has 8 heteroatoms. The van der Waals surface area contributed by atoms with Gasteiger partial charge < -0.3 is 20.3 Å². The molecule has 0 radical (unpaired) electrons. The molecule has 2 heterocycles. The minimum Gasteiger partial charge on any atom is -0.472 e. The number of benzene rings is 2. The van der Waals surface area contributed by atoms with Gasteiger partial charge in [-0.05, 0) is 50.3 Å². The molecule has 7 nitrogen and oxygen atoms in total. The number of primary amides is 1. The van der Waals surface area contributed by atoms with Gasteiger partial charge in [0.25, 0.3) is 0 Å². The van der Waals surface area contributed by atoms with Crippen LogP contribution in [0.5, 0.6) is 5.88 Å². The van der Waals surface area contributed by atoms with Crippen molar-refractivity contribution in [2.75, 3.05) is 32.1 Å². The summed E-state index contributed by atoms with van der Waals surface area (Å²) in [4.78, 5) is 27.0. The Morgan fingerprint density at radius 2 is 1.94 bits per heavy atom. The second-order valence-corrected chi connectivity index (χ2v) is 9.07. The van der Waals surface area contributed by atoms with E-state index < -0.39 is 5.91 Å². The van der Waals surface area contributed by atoms with Crippen molar-refractivity contribution in [2.24, 2.45) is 5.73 Å². The molecule has 1 aromatic heterocycles. The molecule has 166 valence electrons. The van der Waals surface area contributed by atoms with E-state index in [0.717, 1.165) is 34.9 Å². The van der Waals surface area contributed by atoms with Crippen LogP contribution in [0.3, 0.4) is 0 Å². The van der Waals surface area contributed by atoms with Crippen molar-refractivity contribution in [1.29, 1.82) is 0 Å². The maximum absolute atomic E-state index is 11.3. The lowest BCUT2D eigenvalue weighted by Crippen LogP contribution is -2.32. The maximum atomic E-state index is 11.3. The van der Waals surface area contributed by atoms with E-state index in [2.05, 4.69) is 28.9 Å². The van der Waals surface area contributed by atoms with Crippen molar-refractivity contribution in [3.63, 3.8) is 0 Å². The monoisotopic (exact) mass is 449 g/mol. The summed E-state index contributed by atoms with van der Waals surface area (Å²) in [5, 5.41) is 0. The van der Waals surface area contributed by atoms with E-state index in [4.69, 9.17) is 15.5 Å². The van der Waals surface area contributed by atoms with Gasteiger partial charge in [0.2, 0.25) is 17.7 Å². The third kappa shape index (κ3) is 5.38. The zero-order chi connectivity index (χ0) is 22.5. The molecule has 0 saturated carbocycles. The molecular weight excluding hydrogens is 422 g/mol. The number of aromatic nitrogens is 2. The summed E-state index contributed by atoms with van der Waals surface area (Å²) in [6.45, 7) is 2.24. The molecule has 0 spiro atoms. The van der Waals surface area contributed by atoms with Crippen LogP contribution in [0.1, 0.15) is 22.3 Å². The van der Waals surface area contributed by atoms with Crippen LogP contribution in [0.2, 0.25) is 0 Å². The van der Waals surface area contributed by atoms with Gasteiger partial charge >= 0.3 is 0 Å². The molecule has 3 aromatic rings. The normalized spacial score (nSPS) is 15.8. The summed E-state index contributed by atoms with van der Waals surface area (Å²) in [5.74, 6) is 0.796. The molecule has 1 aliphatic rings. The van der Waals surface area contributed by atoms with Gasteiger partial charge in [-0.2, -0.15) is 4.98 Å². The molecule has 32 heavy (non-hydrogen) atoms. The smallest absolute Gasteiger partial charge is 0.248 e. The molecule has 0 unspecified atom stereocenters. The van der Waals surface area contributed by atoms with Gasteiger partial charge in [0, 0.05) is 29.6 Å². The maximum Gasteiger partial charge on any atom is 0.248 e. The van der Waals surface area contributed by atoms with E-state index in [9.17, 15) is 4.79 Å². The van der Waals surface area contributed by atoms with Crippen LogP contribution in [-0.4, -0.2) is 54.0 Å². The van der Waals surface area contributed by atoms with Crippen LogP contribution in [0.4, 0.5) is 5.95 Å². The van der Waals surface area contributed by atoms with Crippen LogP contribution in [0, 0.1) is 0 Å². The van der Waals surface area contributed by atoms with Crippen LogP contribution < -0.4 is 15.4 Å². The highest BCUT2D eigenvalue weighted by Gasteiger charge is 2.26. The molecule has 0 bridgehead atoms. The molecule has 1 atom stereocenters. The first kappa shape index (κ1) is 22.1. The van der Waals surface area contributed by atoms with Gasteiger partial charge in [0.05, 0.1) is 11.1 Å². The van der Waals surface area contributed by atoms with E-state index in [0.29, 0.717) is 30.0 Å². The van der Waals surface area contributed by atoms with E-state index in [-0.39, 0.29) is 0 Å². The first-order chi connectivity index (χ1) is 15.5. The number of carbonyl (C=O) groups excluding carboxylic acids is 1. The Morgan fingerprint density at radius 3 is 2.59 bits per heavy atom. The van der Waals surface area contributed by atoms with Crippen molar-refractivity contribution >= 4 is 23.6 Å². The van der Waals surface area contributed by atoms with Crippen molar-refractivity contribution in [2.45, 2.75) is 28.9 Å². The topological polar surface area (TPSA) is 84.6 Å². The van der Waals surface area contributed by atoms with Crippen LogP contribution in [-0.2, 0) is 6.61 Å². The third-order valence-corrected chi connectivity index (χ3v) is 6.48. The fourth-order valence-corrected chi connectivity index (χ4v) is 4.38. The minimum absolute atomic E-state index is 0.422. The van der Waals surface area contributed by atoms with E-state index in [1.807, 2.05) is 48.7 Å². The quantitative estimate of drug-likeness (QED) is 0.564. The summed E-state index contributed by atoms with van der Waals surface area (Å²) in [7, 11) is 4.21. The summed E-state index contributed by atoms with van der Waals surface area (Å²) >= 11 is 1.50. The first-order valence-electron chi connectivity index (χ1n) is 10.5. The number of amides is 1. The zero-order valence-corrected chi connectivity index (χ0v) is 19.1. The second-order valence-electron chi connectivity index (χ2n) is 7.96. The highest BCUT2D eigenvalue weighted by molar-refractivity contribution is 7.99. The third-order valence-electron chi connectivity index (χ3n) is 5.47. The van der Waals surface area contributed by atoms with Crippen LogP contribution in [0.25, 0.3) is 0 Å². The van der Waals surface area contributed by atoms with Crippen LogP contribution in [0.15, 0.2) is 70.6 Å². The number of carbonyl (C=O) groups is 1. The molecule has 2 aromatic carbocycles. The van der Waals surface area contributed by atoms with Crippen molar-refractivity contribution in [3.8, 4) is 5.88 Å². The molecule has 1 aliphatic heterocycles. The van der Waals surface area contributed by atoms with Gasteiger partial charge in [0.1, 0.15) is 6.61 Å². The standard InChI is InChI=1S/C24H27N5O2S/c1-28(2)19-12-13-29(15-19)24-26-14-21(32-20-10-8-18(9-11-20)22(25)30)23(27-24)31-16-17-6-4-3-5-7-17/h3-11,14,19H,12-13,15-16H2,1-2H3,(H2,25,30)/t19-/m0/s1. The van der Waals surface area contributed by atoms with E-state index >= 15 is 0 Å². The highest BCUT2D eigenvalue weighted by atomic mass is 32.2. The predicted molar refractivity (Wildman–Crippen MR) is 126 cm³/mol. The Morgan fingerprint density at radius 1 is 1.19 bits per heavy atom. The predicted octanol–water partition coefficient (Wildman–Crippen LogP) is 3.45. The Bertz CT molecular complexity index is 1060. The SMILES string of the molecule is CN(C)[C@H]1CCN(c2ncc(Sc3ccc(C(N)=O)cc3)c(OCc3ccccc3)n2)C1. The number of hydrogen-bond acceptors (Lipinski definition) is 7. The molecule has 1 amide bonds. The number of hydrogen-bond donors (Lipinski definition) is 1. The average molecular weight is 450 g/mol. The zero-order valence-electron chi connectivity index (χ0n) is 18.3. The molecule has 1 saturated heterocycles.